The molecule has 0 saturated carbocycles. The first kappa shape index (κ1) is 12.6. The van der Waals surface area contributed by atoms with Gasteiger partial charge >= 0.3 is 0 Å². The van der Waals surface area contributed by atoms with Crippen LogP contribution in [0.1, 0.15) is 19.3 Å². The van der Waals surface area contributed by atoms with Crippen LogP contribution in [0, 0.1) is 0 Å². The van der Waals surface area contributed by atoms with Crippen molar-refractivity contribution in [3.63, 3.8) is 0 Å². The first-order valence-corrected chi connectivity index (χ1v) is 6.20. The second-order valence-electron chi connectivity index (χ2n) is 4.26. The Morgan fingerprint density at radius 1 is 1.06 bits per heavy atom. The largest absolute Gasteiger partial charge is 0.396 e. The minimum atomic E-state index is -0.000182. The van der Waals surface area contributed by atoms with Crippen molar-refractivity contribution in [3.05, 3.63) is 42.5 Å². The first-order chi connectivity index (χ1) is 8.81. The number of anilines is 1. The molecule has 1 amide bonds. The molecule has 2 aromatic rings. The molecule has 2 aromatic carbocycles. The average Bonchev–Trinajstić information content (AvgIpc) is 2.39. The summed E-state index contributed by atoms with van der Waals surface area (Å²) >= 11 is 0. The average molecular weight is 243 g/mol. The smallest absolute Gasteiger partial charge is 0.224 e. The van der Waals surface area contributed by atoms with Crippen molar-refractivity contribution in [1.29, 1.82) is 0 Å². The van der Waals surface area contributed by atoms with Gasteiger partial charge in [-0.25, -0.2) is 0 Å². The number of aliphatic hydroxyl groups excluding tert-OH is 1. The van der Waals surface area contributed by atoms with Gasteiger partial charge in [-0.15, -0.1) is 0 Å². The minimum absolute atomic E-state index is 0.000182. The molecular formula is C15H17NO2. The topological polar surface area (TPSA) is 49.3 Å². The van der Waals surface area contributed by atoms with Gasteiger partial charge in [0.25, 0.3) is 0 Å². The molecule has 3 nitrogen and oxygen atoms in total. The maximum atomic E-state index is 11.7. The summed E-state index contributed by atoms with van der Waals surface area (Å²) in [5.41, 5.74) is 0.849. The summed E-state index contributed by atoms with van der Waals surface area (Å²) in [7, 11) is 0. The van der Waals surface area contributed by atoms with Gasteiger partial charge in [-0.05, 0) is 24.3 Å². The summed E-state index contributed by atoms with van der Waals surface area (Å²) < 4.78 is 0. The molecule has 0 spiro atoms. The van der Waals surface area contributed by atoms with Gasteiger partial charge in [0.1, 0.15) is 0 Å². The van der Waals surface area contributed by atoms with E-state index in [1.54, 1.807) is 0 Å². The fraction of sp³-hybridized carbons (Fsp3) is 0.267. The van der Waals surface area contributed by atoms with Crippen LogP contribution in [0.15, 0.2) is 42.5 Å². The van der Waals surface area contributed by atoms with E-state index in [1.807, 2.05) is 42.5 Å². The molecule has 2 rings (SSSR count). The number of aliphatic hydroxyl groups is 1. The number of carbonyl (C=O) groups is 1. The van der Waals surface area contributed by atoms with Gasteiger partial charge in [0.2, 0.25) is 5.91 Å². The van der Waals surface area contributed by atoms with Crippen molar-refractivity contribution in [2.75, 3.05) is 11.9 Å². The summed E-state index contributed by atoms with van der Waals surface area (Å²) in [5, 5.41) is 13.8. The maximum Gasteiger partial charge on any atom is 0.224 e. The van der Waals surface area contributed by atoms with Gasteiger partial charge in [-0.3, -0.25) is 4.79 Å². The van der Waals surface area contributed by atoms with Crippen molar-refractivity contribution >= 4 is 22.4 Å². The predicted molar refractivity (Wildman–Crippen MR) is 73.5 cm³/mol. The van der Waals surface area contributed by atoms with Gasteiger partial charge in [0.05, 0.1) is 0 Å². The molecule has 0 heterocycles. The zero-order chi connectivity index (χ0) is 12.8. The van der Waals surface area contributed by atoms with Crippen molar-refractivity contribution < 1.29 is 9.90 Å². The standard InChI is InChI=1S/C15H17NO2/c17-11-4-3-10-15(18)16-14-9-5-7-12-6-1-2-8-13(12)14/h1-2,5-9,17H,3-4,10-11H2,(H,16,18). The zero-order valence-corrected chi connectivity index (χ0v) is 10.2. The monoisotopic (exact) mass is 243 g/mol. The van der Waals surface area contributed by atoms with Crippen molar-refractivity contribution in [1.82, 2.24) is 0 Å². The second kappa shape index (κ2) is 6.17. The number of unbranched alkanes of at least 4 members (excludes halogenated alkanes) is 1. The normalized spacial score (nSPS) is 10.5. The Morgan fingerprint density at radius 2 is 1.83 bits per heavy atom. The highest BCUT2D eigenvalue weighted by Gasteiger charge is 2.04. The lowest BCUT2D eigenvalue weighted by Crippen LogP contribution is -2.11. The number of rotatable bonds is 5. The second-order valence-corrected chi connectivity index (χ2v) is 4.26. The van der Waals surface area contributed by atoms with Crippen LogP contribution in [-0.2, 0) is 4.79 Å². The number of benzene rings is 2. The Labute approximate surface area is 106 Å². The van der Waals surface area contributed by atoms with Gasteiger partial charge in [0.15, 0.2) is 0 Å². The number of amides is 1. The molecule has 0 unspecified atom stereocenters. The lowest BCUT2D eigenvalue weighted by atomic mass is 10.1. The number of nitrogens with one attached hydrogen (secondary N) is 1. The lowest BCUT2D eigenvalue weighted by molar-refractivity contribution is -0.116. The summed E-state index contributed by atoms with van der Waals surface area (Å²) in [4.78, 5) is 11.7. The zero-order valence-electron chi connectivity index (χ0n) is 10.2. The third-order valence-electron chi connectivity index (χ3n) is 2.88. The quantitative estimate of drug-likeness (QED) is 0.793. The summed E-state index contributed by atoms with van der Waals surface area (Å²) in [6, 6.07) is 13.8. The Bertz CT molecular complexity index is 532. The first-order valence-electron chi connectivity index (χ1n) is 6.20. The Hall–Kier alpha value is -1.87. The van der Waals surface area contributed by atoms with E-state index < -0.39 is 0 Å². The number of fused-ring (bicyclic) bond motifs is 1. The molecule has 0 aliphatic heterocycles. The molecule has 3 heteroatoms. The van der Waals surface area contributed by atoms with E-state index in [9.17, 15) is 4.79 Å². The van der Waals surface area contributed by atoms with Gasteiger partial charge in [-0.2, -0.15) is 0 Å². The van der Waals surface area contributed by atoms with Gasteiger partial charge < -0.3 is 10.4 Å². The van der Waals surface area contributed by atoms with E-state index in [-0.39, 0.29) is 12.5 Å². The molecule has 0 saturated heterocycles. The van der Waals surface area contributed by atoms with E-state index in [2.05, 4.69) is 5.32 Å². The van der Waals surface area contributed by atoms with Crippen LogP contribution >= 0.6 is 0 Å². The van der Waals surface area contributed by atoms with Crippen LogP contribution < -0.4 is 5.32 Å². The third-order valence-corrected chi connectivity index (χ3v) is 2.88. The van der Waals surface area contributed by atoms with Crippen LogP contribution in [-0.4, -0.2) is 17.6 Å². The van der Waals surface area contributed by atoms with Crippen molar-refractivity contribution in [3.8, 4) is 0 Å². The van der Waals surface area contributed by atoms with E-state index in [4.69, 9.17) is 5.11 Å². The maximum absolute atomic E-state index is 11.7. The SMILES string of the molecule is O=C(CCCCO)Nc1cccc2ccccc12. The summed E-state index contributed by atoms with van der Waals surface area (Å²) in [5.74, 6) is -0.000182. The molecule has 0 aliphatic rings. The predicted octanol–water partition coefficient (Wildman–Crippen LogP) is 2.94. The van der Waals surface area contributed by atoms with Crippen LogP contribution in [0.25, 0.3) is 10.8 Å². The third kappa shape index (κ3) is 3.08. The van der Waals surface area contributed by atoms with Gasteiger partial charge in [-0.1, -0.05) is 36.4 Å². The van der Waals surface area contributed by atoms with Crippen LogP contribution in [0.2, 0.25) is 0 Å². The fourth-order valence-electron chi connectivity index (χ4n) is 1.94. The Balaban J connectivity index is 2.09. The molecule has 0 atom stereocenters. The van der Waals surface area contributed by atoms with Crippen molar-refractivity contribution in [2.45, 2.75) is 19.3 Å². The number of hydrogen-bond acceptors (Lipinski definition) is 2. The summed E-state index contributed by atoms with van der Waals surface area (Å²) in [6.45, 7) is 0.140. The summed E-state index contributed by atoms with van der Waals surface area (Å²) in [6.07, 6.45) is 1.83. The minimum Gasteiger partial charge on any atom is -0.396 e. The van der Waals surface area contributed by atoms with E-state index in [0.29, 0.717) is 19.3 Å². The number of carbonyl (C=O) groups excluding carboxylic acids is 1. The van der Waals surface area contributed by atoms with Gasteiger partial charge in [0, 0.05) is 24.1 Å². The highest BCUT2D eigenvalue weighted by atomic mass is 16.2. The molecule has 94 valence electrons. The van der Waals surface area contributed by atoms with Crippen LogP contribution in [0.4, 0.5) is 5.69 Å². The molecule has 0 aromatic heterocycles. The fourth-order valence-corrected chi connectivity index (χ4v) is 1.94. The Kier molecular flexibility index (Phi) is 4.31. The van der Waals surface area contributed by atoms with Crippen LogP contribution in [0.5, 0.6) is 0 Å². The molecular weight excluding hydrogens is 226 g/mol. The van der Waals surface area contributed by atoms with E-state index in [0.717, 1.165) is 16.5 Å². The molecule has 0 fully saturated rings. The highest BCUT2D eigenvalue weighted by molar-refractivity contribution is 6.02. The highest BCUT2D eigenvalue weighted by Crippen LogP contribution is 2.23. The lowest BCUT2D eigenvalue weighted by Gasteiger charge is -2.08. The molecule has 2 N–H and O–H groups in total. The molecule has 0 aliphatic carbocycles. The van der Waals surface area contributed by atoms with E-state index >= 15 is 0 Å². The molecule has 0 bridgehead atoms. The van der Waals surface area contributed by atoms with E-state index in [1.165, 1.54) is 0 Å². The Morgan fingerprint density at radius 3 is 2.67 bits per heavy atom. The number of hydrogen-bond donors (Lipinski definition) is 2. The van der Waals surface area contributed by atoms with Crippen LogP contribution in [0.3, 0.4) is 0 Å². The van der Waals surface area contributed by atoms with Crippen molar-refractivity contribution in [2.24, 2.45) is 0 Å². The molecule has 18 heavy (non-hydrogen) atoms. The molecule has 0 radical (unpaired) electrons.